The molecule has 0 radical (unpaired) electrons. The molecular weight excluding hydrogens is 253 g/mol. The quantitative estimate of drug-likeness (QED) is 0.792. The fourth-order valence-electron chi connectivity index (χ4n) is 3.46. The molecule has 1 N–H and O–H groups in total. The Morgan fingerprint density at radius 3 is 2.21 bits per heavy atom. The summed E-state index contributed by atoms with van der Waals surface area (Å²) in [4.78, 5) is 1.71. The van der Waals surface area contributed by atoms with Gasteiger partial charge < -0.3 is 5.32 Å². The van der Waals surface area contributed by atoms with Gasteiger partial charge in [-0.2, -0.15) is 13.2 Å². The Balaban J connectivity index is 2.14. The summed E-state index contributed by atoms with van der Waals surface area (Å²) in [6, 6.07) is 0.126. The monoisotopic (exact) mass is 278 g/mol. The van der Waals surface area contributed by atoms with Gasteiger partial charge in [0, 0.05) is 24.7 Å². The molecule has 19 heavy (non-hydrogen) atoms. The van der Waals surface area contributed by atoms with Crippen molar-refractivity contribution in [1.82, 2.24) is 10.2 Å². The van der Waals surface area contributed by atoms with Crippen LogP contribution in [0, 0.1) is 5.41 Å². The SMILES string of the molecule is CC(C)(C)C1CN(CC(F)(F)F)C2(CCCC2)CN1. The molecule has 5 heteroatoms. The second-order valence-electron chi connectivity index (χ2n) is 7.23. The van der Waals surface area contributed by atoms with Crippen LogP contribution in [0.15, 0.2) is 0 Å². The summed E-state index contributed by atoms with van der Waals surface area (Å²) in [6.07, 6.45) is -0.207. The van der Waals surface area contributed by atoms with Crippen molar-refractivity contribution in [2.24, 2.45) is 5.41 Å². The van der Waals surface area contributed by atoms with Crippen LogP contribution in [0.5, 0.6) is 0 Å². The zero-order valence-electron chi connectivity index (χ0n) is 12.1. The van der Waals surface area contributed by atoms with Crippen LogP contribution in [0.1, 0.15) is 46.5 Å². The summed E-state index contributed by atoms with van der Waals surface area (Å²) in [5, 5.41) is 3.50. The first-order valence-electron chi connectivity index (χ1n) is 7.18. The van der Waals surface area contributed by atoms with E-state index in [0.29, 0.717) is 13.1 Å². The predicted molar refractivity (Wildman–Crippen MR) is 70.1 cm³/mol. The Bertz CT molecular complexity index is 314. The Morgan fingerprint density at radius 1 is 1.16 bits per heavy atom. The highest BCUT2D eigenvalue weighted by Gasteiger charge is 2.48. The number of alkyl halides is 3. The molecule has 2 aliphatic rings. The number of hydrogen-bond acceptors (Lipinski definition) is 2. The van der Waals surface area contributed by atoms with E-state index in [2.05, 4.69) is 26.1 Å². The fourth-order valence-corrected chi connectivity index (χ4v) is 3.46. The van der Waals surface area contributed by atoms with E-state index in [1.807, 2.05) is 0 Å². The first-order chi connectivity index (χ1) is 8.62. The minimum absolute atomic E-state index is 0.00986. The molecule has 1 atom stereocenters. The van der Waals surface area contributed by atoms with E-state index < -0.39 is 12.7 Å². The van der Waals surface area contributed by atoms with Crippen LogP contribution in [-0.4, -0.2) is 42.3 Å². The molecule has 1 spiro atoms. The lowest BCUT2D eigenvalue weighted by atomic mass is 9.81. The van der Waals surface area contributed by atoms with Crippen molar-refractivity contribution < 1.29 is 13.2 Å². The molecule has 1 aliphatic heterocycles. The summed E-state index contributed by atoms with van der Waals surface area (Å²) in [7, 11) is 0. The van der Waals surface area contributed by atoms with Crippen molar-refractivity contribution in [3.8, 4) is 0 Å². The van der Waals surface area contributed by atoms with Gasteiger partial charge in [0.05, 0.1) is 6.54 Å². The molecule has 1 saturated carbocycles. The van der Waals surface area contributed by atoms with Crippen LogP contribution < -0.4 is 5.32 Å². The molecule has 0 aromatic heterocycles. The van der Waals surface area contributed by atoms with E-state index in [0.717, 1.165) is 25.7 Å². The molecule has 0 aromatic carbocycles. The van der Waals surface area contributed by atoms with Gasteiger partial charge >= 0.3 is 6.18 Å². The third-order valence-corrected chi connectivity index (χ3v) is 4.70. The first-order valence-corrected chi connectivity index (χ1v) is 7.18. The molecule has 0 bridgehead atoms. The van der Waals surface area contributed by atoms with Crippen LogP contribution in [0.3, 0.4) is 0 Å². The Labute approximate surface area is 113 Å². The normalized spacial score (nSPS) is 29.1. The van der Waals surface area contributed by atoms with E-state index >= 15 is 0 Å². The van der Waals surface area contributed by atoms with E-state index in [1.165, 1.54) is 0 Å². The average Bonchev–Trinajstić information content (AvgIpc) is 2.67. The number of nitrogens with zero attached hydrogens (tertiary/aromatic N) is 1. The third kappa shape index (κ3) is 3.43. The largest absolute Gasteiger partial charge is 0.401 e. The minimum Gasteiger partial charge on any atom is -0.310 e. The second kappa shape index (κ2) is 4.92. The molecule has 1 unspecified atom stereocenters. The fraction of sp³-hybridized carbons (Fsp3) is 1.00. The topological polar surface area (TPSA) is 15.3 Å². The minimum atomic E-state index is -4.10. The number of nitrogens with one attached hydrogen (secondary N) is 1. The number of halogens is 3. The van der Waals surface area contributed by atoms with Gasteiger partial charge in [0.1, 0.15) is 0 Å². The van der Waals surface area contributed by atoms with Crippen molar-refractivity contribution in [2.45, 2.75) is 64.2 Å². The van der Waals surface area contributed by atoms with Gasteiger partial charge in [-0.1, -0.05) is 33.6 Å². The predicted octanol–water partition coefficient (Wildman–Crippen LogP) is 3.18. The zero-order valence-corrected chi connectivity index (χ0v) is 12.1. The maximum Gasteiger partial charge on any atom is 0.401 e. The van der Waals surface area contributed by atoms with Gasteiger partial charge in [-0.3, -0.25) is 4.90 Å². The summed E-state index contributed by atoms with van der Waals surface area (Å²) in [5.74, 6) is 0. The lowest BCUT2D eigenvalue weighted by Crippen LogP contribution is -2.67. The summed E-state index contributed by atoms with van der Waals surface area (Å²) in [6.45, 7) is 6.70. The van der Waals surface area contributed by atoms with E-state index in [1.54, 1.807) is 4.90 Å². The molecule has 1 heterocycles. The van der Waals surface area contributed by atoms with E-state index in [9.17, 15) is 13.2 Å². The Hall–Kier alpha value is -0.290. The van der Waals surface area contributed by atoms with E-state index in [-0.39, 0.29) is 17.0 Å². The molecule has 112 valence electrons. The van der Waals surface area contributed by atoms with Crippen LogP contribution in [0.25, 0.3) is 0 Å². The highest BCUT2D eigenvalue weighted by atomic mass is 19.4. The molecule has 2 rings (SSSR count). The van der Waals surface area contributed by atoms with Crippen LogP contribution in [-0.2, 0) is 0 Å². The van der Waals surface area contributed by atoms with Crippen LogP contribution in [0.2, 0.25) is 0 Å². The first kappa shape index (κ1) is 15.1. The van der Waals surface area contributed by atoms with Gasteiger partial charge in [-0.15, -0.1) is 0 Å². The number of rotatable bonds is 1. The van der Waals surface area contributed by atoms with Crippen molar-refractivity contribution in [2.75, 3.05) is 19.6 Å². The zero-order chi connectivity index (χ0) is 14.3. The van der Waals surface area contributed by atoms with Crippen molar-refractivity contribution in [3.63, 3.8) is 0 Å². The molecule has 2 nitrogen and oxygen atoms in total. The second-order valence-corrected chi connectivity index (χ2v) is 7.23. The summed E-state index contributed by atoms with van der Waals surface area (Å²) < 4.78 is 38.5. The van der Waals surface area contributed by atoms with E-state index in [4.69, 9.17) is 0 Å². The van der Waals surface area contributed by atoms with Gasteiger partial charge in [0.25, 0.3) is 0 Å². The van der Waals surface area contributed by atoms with Crippen LogP contribution >= 0.6 is 0 Å². The highest BCUT2D eigenvalue weighted by molar-refractivity contribution is 5.04. The van der Waals surface area contributed by atoms with Gasteiger partial charge in [-0.05, 0) is 18.3 Å². The molecule has 0 amide bonds. The maximum absolute atomic E-state index is 12.8. The smallest absolute Gasteiger partial charge is 0.310 e. The van der Waals surface area contributed by atoms with Crippen LogP contribution in [0.4, 0.5) is 13.2 Å². The van der Waals surface area contributed by atoms with Crippen molar-refractivity contribution in [1.29, 1.82) is 0 Å². The van der Waals surface area contributed by atoms with Crippen molar-refractivity contribution in [3.05, 3.63) is 0 Å². The lowest BCUT2D eigenvalue weighted by molar-refractivity contribution is -0.166. The Kier molecular flexibility index (Phi) is 3.91. The Morgan fingerprint density at radius 2 is 1.74 bits per heavy atom. The standard InChI is InChI=1S/C14H25F3N2/c1-12(2,3)11-8-19(10-14(15,16)17)13(9-18-11)6-4-5-7-13/h11,18H,4-10H2,1-3H3. The third-order valence-electron chi connectivity index (χ3n) is 4.70. The highest BCUT2D eigenvalue weighted by Crippen LogP contribution is 2.40. The number of piperazine rings is 1. The molecule has 1 saturated heterocycles. The average molecular weight is 278 g/mol. The van der Waals surface area contributed by atoms with Gasteiger partial charge in [-0.25, -0.2) is 0 Å². The van der Waals surface area contributed by atoms with Gasteiger partial charge in [0.2, 0.25) is 0 Å². The molecule has 1 aliphatic carbocycles. The summed E-state index contributed by atoms with van der Waals surface area (Å²) >= 11 is 0. The molecule has 0 aromatic rings. The maximum atomic E-state index is 12.8. The molecular formula is C14H25F3N2. The summed E-state index contributed by atoms with van der Waals surface area (Å²) in [5.41, 5.74) is -0.263. The van der Waals surface area contributed by atoms with Gasteiger partial charge in [0.15, 0.2) is 0 Å². The number of hydrogen-bond donors (Lipinski definition) is 1. The lowest BCUT2D eigenvalue weighted by Gasteiger charge is -2.51. The van der Waals surface area contributed by atoms with Crippen molar-refractivity contribution >= 4 is 0 Å². The molecule has 2 fully saturated rings.